The lowest BCUT2D eigenvalue weighted by atomic mass is 9.52. The maximum absolute atomic E-state index is 13.9. The van der Waals surface area contributed by atoms with Crippen LogP contribution in [-0.2, 0) is 19.2 Å². The highest BCUT2D eigenvalue weighted by atomic mass is 35.5. The lowest BCUT2D eigenvalue weighted by Gasteiger charge is -2.58. The van der Waals surface area contributed by atoms with E-state index in [1.807, 2.05) is 25.7 Å². The van der Waals surface area contributed by atoms with Crippen molar-refractivity contribution in [2.24, 2.45) is 29.4 Å². The average molecular weight is 695 g/mol. The van der Waals surface area contributed by atoms with Crippen molar-refractivity contribution in [1.82, 2.24) is 10.2 Å². The van der Waals surface area contributed by atoms with E-state index in [-0.39, 0.29) is 49.8 Å². The summed E-state index contributed by atoms with van der Waals surface area (Å²) in [6.07, 6.45) is 5.60. The van der Waals surface area contributed by atoms with Crippen molar-refractivity contribution in [2.75, 3.05) is 24.5 Å². The number of carbonyl (C=O) groups excluding carboxylic acids is 2. The van der Waals surface area contributed by atoms with Crippen LogP contribution in [-0.4, -0.2) is 98.0 Å². The van der Waals surface area contributed by atoms with Crippen molar-refractivity contribution in [2.45, 2.75) is 95.0 Å². The Morgan fingerprint density at radius 3 is 2.27 bits per heavy atom. The maximum Gasteiger partial charge on any atom is 0.328 e. The summed E-state index contributed by atoms with van der Waals surface area (Å²) < 4.78 is 13.9. The highest BCUT2D eigenvalue weighted by Gasteiger charge is 2.55. The van der Waals surface area contributed by atoms with E-state index in [4.69, 9.17) is 27.5 Å². The number of nitrogens with zero attached hydrogens (tertiary/aromatic N) is 2. The Morgan fingerprint density at radius 1 is 1.12 bits per heavy atom. The van der Waals surface area contributed by atoms with Gasteiger partial charge in [-0.15, -0.1) is 0 Å². The molecule has 0 radical (unpaired) electrons. The molecule has 1 aromatic carbocycles. The van der Waals surface area contributed by atoms with Gasteiger partial charge in [0.05, 0.1) is 29.0 Å². The summed E-state index contributed by atoms with van der Waals surface area (Å²) in [6.45, 7) is 6.51. The number of aliphatic carboxylic acids is 2. The summed E-state index contributed by atoms with van der Waals surface area (Å²) in [5.74, 6) is -2.40. The predicted molar refractivity (Wildman–Crippen MR) is 177 cm³/mol. The van der Waals surface area contributed by atoms with Gasteiger partial charge in [-0.05, 0) is 94.7 Å². The molecule has 14 heteroatoms. The van der Waals surface area contributed by atoms with Crippen molar-refractivity contribution in [1.29, 1.82) is 0 Å². The Morgan fingerprint density at radius 2 is 1.73 bits per heavy atom. The van der Waals surface area contributed by atoms with Crippen LogP contribution in [0.2, 0.25) is 5.02 Å². The van der Waals surface area contributed by atoms with Gasteiger partial charge in [0.2, 0.25) is 11.8 Å². The maximum atomic E-state index is 13.9. The van der Waals surface area contributed by atoms with Crippen LogP contribution in [0.3, 0.4) is 0 Å². The molecular formula is C34H48ClFN4O8. The number of hydrogen-bond acceptors (Lipinski definition) is 8. The van der Waals surface area contributed by atoms with E-state index in [9.17, 15) is 33.8 Å². The van der Waals surface area contributed by atoms with Crippen LogP contribution >= 0.6 is 11.6 Å². The van der Waals surface area contributed by atoms with Crippen molar-refractivity contribution in [3.63, 3.8) is 0 Å². The quantitative estimate of drug-likeness (QED) is 0.188. The number of aliphatic hydroxyl groups is 2. The normalized spacial score (nSPS) is 29.6. The van der Waals surface area contributed by atoms with Crippen LogP contribution < -0.4 is 16.0 Å². The molecule has 1 saturated heterocycles. The largest absolute Gasteiger partial charge is 0.478 e. The lowest BCUT2D eigenvalue weighted by Crippen LogP contribution is -2.64. The second-order valence-electron chi connectivity index (χ2n) is 14.6. The van der Waals surface area contributed by atoms with E-state index < -0.39 is 41.0 Å². The smallest absolute Gasteiger partial charge is 0.328 e. The molecule has 5 aliphatic rings. The molecule has 12 nitrogen and oxygen atoms in total. The highest BCUT2D eigenvalue weighted by Crippen LogP contribution is 2.55. The van der Waals surface area contributed by atoms with Gasteiger partial charge in [0, 0.05) is 48.8 Å². The van der Waals surface area contributed by atoms with Crippen LogP contribution in [0.1, 0.15) is 65.7 Å². The molecule has 0 aromatic heterocycles. The monoisotopic (exact) mass is 694 g/mol. The minimum absolute atomic E-state index is 0.0469. The summed E-state index contributed by atoms with van der Waals surface area (Å²) in [4.78, 5) is 49.0. The number of amides is 2. The molecular weight excluding hydrogens is 647 g/mol. The first-order chi connectivity index (χ1) is 22.4. The fourth-order valence-corrected chi connectivity index (χ4v) is 8.42. The predicted octanol–water partition coefficient (Wildman–Crippen LogP) is 2.78. The lowest BCUT2D eigenvalue weighted by molar-refractivity contribution is -0.148. The van der Waals surface area contributed by atoms with Crippen LogP contribution in [0, 0.1) is 29.5 Å². The molecule has 4 bridgehead atoms. The number of hydrogen-bond donors (Lipinski definition) is 6. The number of halogens is 2. The third-order valence-electron chi connectivity index (χ3n) is 10.5. The third kappa shape index (κ3) is 9.12. The molecule has 2 amide bonds. The van der Waals surface area contributed by atoms with Gasteiger partial charge in [-0.25, -0.2) is 14.0 Å². The Bertz CT molecular complexity index is 1380. The van der Waals surface area contributed by atoms with Crippen molar-refractivity contribution >= 4 is 41.0 Å². The zero-order chi connectivity index (χ0) is 35.6. The zero-order valence-electron chi connectivity index (χ0n) is 27.6. The van der Waals surface area contributed by atoms with E-state index in [1.54, 1.807) is 0 Å². The number of carbonyl (C=O) groups is 4. The molecule has 8 atom stereocenters. The summed E-state index contributed by atoms with van der Waals surface area (Å²) in [5.41, 5.74) is 5.74. The van der Waals surface area contributed by atoms with E-state index in [0.29, 0.717) is 47.0 Å². The minimum atomic E-state index is -1.26. The van der Waals surface area contributed by atoms with Gasteiger partial charge in [-0.1, -0.05) is 18.5 Å². The molecule has 1 heterocycles. The Kier molecular flexibility index (Phi) is 11.9. The highest BCUT2D eigenvalue weighted by molar-refractivity contribution is 6.33. The molecule has 4 saturated carbocycles. The SMILES string of the molecule is CC[C@H](C[C@H](O)[C@@H](N)CN1CC(=O)N(c2cc(F)ccc2Cl)CC1(C)C)C(=O)NC1[C@@H]2CC3C[C@H]1CC(O)(C3)C2.O=C(O)/C=C/C(=O)O. The molecule has 48 heavy (non-hydrogen) atoms. The fraction of sp³-hybridized carbons (Fsp3) is 0.647. The fourth-order valence-electron chi connectivity index (χ4n) is 8.20. The van der Waals surface area contributed by atoms with E-state index in [0.717, 1.165) is 32.1 Å². The van der Waals surface area contributed by atoms with Gasteiger partial charge < -0.3 is 36.4 Å². The number of piperazine rings is 1. The van der Waals surface area contributed by atoms with Gasteiger partial charge >= 0.3 is 11.9 Å². The molecule has 4 aliphatic carbocycles. The van der Waals surface area contributed by atoms with Crippen molar-refractivity contribution in [3.8, 4) is 0 Å². The second kappa shape index (κ2) is 15.2. The molecule has 5 fully saturated rings. The number of nitrogens with two attached hydrogens (primary N) is 1. The first-order valence-electron chi connectivity index (χ1n) is 16.5. The number of carboxylic acids is 2. The first kappa shape index (κ1) is 37.7. The molecule has 1 aromatic rings. The number of carboxylic acid groups (broad SMARTS) is 2. The summed E-state index contributed by atoms with van der Waals surface area (Å²) in [7, 11) is 0. The van der Waals surface area contributed by atoms with Crippen molar-refractivity contribution < 1.29 is 44.0 Å². The summed E-state index contributed by atoms with van der Waals surface area (Å²) >= 11 is 6.27. The van der Waals surface area contributed by atoms with Gasteiger partial charge in [-0.3, -0.25) is 14.5 Å². The number of benzene rings is 1. The Balaban J connectivity index is 0.000000579. The van der Waals surface area contributed by atoms with Gasteiger partial charge in [0.15, 0.2) is 0 Å². The molecule has 7 N–H and O–H groups in total. The van der Waals surface area contributed by atoms with Crippen molar-refractivity contribution in [3.05, 3.63) is 41.2 Å². The van der Waals surface area contributed by atoms with E-state index in [2.05, 4.69) is 5.32 Å². The van der Waals surface area contributed by atoms with E-state index in [1.165, 1.54) is 23.1 Å². The standard InChI is InChI=1S/C30H44ClFN4O4.C4H4O4/c1-4-18(28(39)34-27-19-7-17-8-20(27)13-30(40,11-17)12-19)9-25(37)23(33)14-35-15-26(38)36(16-29(35,2)3)24-10-21(32)5-6-22(24)31;5-3(6)1-2-4(7)8/h5-6,10,17-20,23,25,27,37,40H,4,7-9,11-16,33H2,1-3H3,(H,34,39);1-2H,(H,5,6)(H,7,8)/b;2-1+/t17?,18-,19-,20+,23+,25+,27?,30?;/m1./s1. The molecule has 266 valence electrons. The molecule has 3 unspecified atom stereocenters. The summed E-state index contributed by atoms with van der Waals surface area (Å²) in [6, 6.07) is 3.40. The molecule has 6 rings (SSSR count). The number of rotatable bonds is 11. The van der Waals surface area contributed by atoms with Crippen LogP contribution in [0.15, 0.2) is 30.4 Å². The topological polar surface area (TPSA) is 194 Å². The van der Waals surface area contributed by atoms with Crippen LogP contribution in [0.5, 0.6) is 0 Å². The van der Waals surface area contributed by atoms with Crippen LogP contribution in [0.25, 0.3) is 0 Å². The number of aliphatic hydroxyl groups excluding tert-OH is 1. The first-order valence-corrected chi connectivity index (χ1v) is 16.9. The number of anilines is 1. The summed E-state index contributed by atoms with van der Waals surface area (Å²) in [5, 5.41) is 41.2. The number of nitrogens with one attached hydrogen (secondary N) is 1. The molecule has 0 spiro atoms. The molecule has 1 aliphatic heterocycles. The van der Waals surface area contributed by atoms with E-state index >= 15 is 0 Å². The Labute approximate surface area is 285 Å². The zero-order valence-corrected chi connectivity index (χ0v) is 28.4. The second-order valence-corrected chi connectivity index (χ2v) is 15.0. The third-order valence-corrected chi connectivity index (χ3v) is 10.8. The minimum Gasteiger partial charge on any atom is -0.478 e. The van der Waals surface area contributed by atoms with Gasteiger partial charge in [0.1, 0.15) is 5.82 Å². The Hall–Kier alpha value is -3.10. The average Bonchev–Trinajstić information content (AvgIpc) is 2.99. The van der Waals surface area contributed by atoms with Gasteiger partial charge in [-0.2, -0.15) is 0 Å². The van der Waals surface area contributed by atoms with Crippen LogP contribution in [0.4, 0.5) is 10.1 Å². The van der Waals surface area contributed by atoms with Gasteiger partial charge in [0.25, 0.3) is 0 Å².